The van der Waals surface area contributed by atoms with Crippen molar-refractivity contribution < 1.29 is 0 Å². The number of hydrogen-bond donors (Lipinski definition) is 0. The highest BCUT2D eigenvalue weighted by molar-refractivity contribution is 9.10. The van der Waals surface area contributed by atoms with E-state index in [0.29, 0.717) is 4.83 Å². The van der Waals surface area contributed by atoms with Crippen LogP contribution < -0.4 is 0 Å². The molecule has 0 nitrogen and oxygen atoms in total. The minimum absolute atomic E-state index is 0.640. The quantitative estimate of drug-likeness (QED) is 0.682. The van der Waals surface area contributed by atoms with E-state index in [1.807, 2.05) is 0 Å². The molecule has 0 spiro atoms. The SMILES string of the molecule is CC1=C(CC(Br)CCBr)CC=C1. The minimum atomic E-state index is 0.640. The van der Waals surface area contributed by atoms with E-state index in [9.17, 15) is 0 Å². The summed E-state index contributed by atoms with van der Waals surface area (Å²) in [5.41, 5.74) is 3.06. The molecule has 0 N–H and O–H groups in total. The predicted molar refractivity (Wildman–Crippen MR) is 62.2 cm³/mol. The van der Waals surface area contributed by atoms with Crippen molar-refractivity contribution in [1.29, 1.82) is 0 Å². The Morgan fingerprint density at radius 2 is 2.33 bits per heavy atom. The lowest BCUT2D eigenvalue weighted by Gasteiger charge is -2.09. The van der Waals surface area contributed by atoms with Gasteiger partial charge in [0.1, 0.15) is 0 Å². The maximum absolute atomic E-state index is 3.68. The fourth-order valence-corrected chi connectivity index (χ4v) is 3.18. The Kier molecular flexibility index (Phi) is 4.59. The second-order valence-corrected chi connectivity index (χ2v) is 5.26. The van der Waals surface area contributed by atoms with Crippen molar-refractivity contribution in [1.82, 2.24) is 0 Å². The van der Waals surface area contributed by atoms with E-state index in [4.69, 9.17) is 0 Å². The summed E-state index contributed by atoms with van der Waals surface area (Å²) in [6, 6.07) is 0. The molecule has 2 heteroatoms. The zero-order valence-electron chi connectivity index (χ0n) is 7.32. The highest BCUT2D eigenvalue weighted by Crippen LogP contribution is 2.26. The van der Waals surface area contributed by atoms with E-state index in [0.717, 1.165) is 11.8 Å². The standard InChI is InChI=1S/C10H14Br2/c1-8-3-2-4-9(8)7-10(12)5-6-11/h2-3,10H,4-7H2,1H3. The summed E-state index contributed by atoms with van der Waals surface area (Å²) in [5, 5.41) is 1.09. The number of halogens is 2. The first-order chi connectivity index (χ1) is 5.74. The summed E-state index contributed by atoms with van der Waals surface area (Å²) in [6.07, 6.45) is 8.04. The van der Waals surface area contributed by atoms with Crippen LogP contribution in [0.15, 0.2) is 23.3 Å². The van der Waals surface area contributed by atoms with Gasteiger partial charge in [0.05, 0.1) is 0 Å². The molecular weight excluding hydrogens is 280 g/mol. The summed E-state index contributed by atoms with van der Waals surface area (Å²) >= 11 is 7.14. The average Bonchev–Trinajstić information content (AvgIpc) is 2.37. The van der Waals surface area contributed by atoms with Crippen LogP contribution in [0.4, 0.5) is 0 Å². The third-order valence-electron chi connectivity index (χ3n) is 2.18. The molecule has 1 aliphatic rings. The molecule has 1 unspecified atom stereocenters. The van der Waals surface area contributed by atoms with E-state index >= 15 is 0 Å². The van der Waals surface area contributed by atoms with Crippen molar-refractivity contribution >= 4 is 31.9 Å². The van der Waals surface area contributed by atoms with Gasteiger partial charge in [-0.25, -0.2) is 0 Å². The largest absolute Gasteiger partial charge is 0.0928 e. The fraction of sp³-hybridized carbons (Fsp3) is 0.600. The third kappa shape index (κ3) is 3.06. The number of rotatable bonds is 4. The molecule has 68 valence electrons. The van der Waals surface area contributed by atoms with Gasteiger partial charge in [0.15, 0.2) is 0 Å². The van der Waals surface area contributed by atoms with E-state index in [1.165, 1.54) is 18.4 Å². The Morgan fingerprint density at radius 3 is 2.83 bits per heavy atom. The zero-order valence-corrected chi connectivity index (χ0v) is 10.5. The normalized spacial score (nSPS) is 18.9. The van der Waals surface area contributed by atoms with E-state index < -0.39 is 0 Å². The molecular formula is C10H14Br2. The lowest BCUT2D eigenvalue weighted by atomic mass is 10.1. The Bertz CT molecular complexity index is 204. The Hall–Kier alpha value is 0.440. The van der Waals surface area contributed by atoms with Gasteiger partial charge in [-0.05, 0) is 26.2 Å². The van der Waals surface area contributed by atoms with E-state index in [1.54, 1.807) is 5.57 Å². The van der Waals surface area contributed by atoms with Crippen LogP contribution in [0.25, 0.3) is 0 Å². The van der Waals surface area contributed by atoms with Crippen LogP contribution in [0.1, 0.15) is 26.2 Å². The third-order valence-corrected chi connectivity index (χ3v) is 3.42. The first kappa shape index (κ1) is 10.5. The molecule has 0 aliphatic heterocycles. The molecule has 0 aromatic heterocycles. The number of hydrogen-bond acceptors (Lipinski definition) is 0. The van der Waals surface area contributed by atoms with Gasteiger partial charge < -0.3 is 0 Å². The van der Waals surface area contributed by atoms with Crippen LogP contribution >= 0.6 is 31.9 Å². The second-order valence-electron chi connectivity index (χ2n) is 3.17. The van der Waals surface area contributed by atoms with Crippen molar-refractivity contribution in [2.45, 2.75) is 31.0 Å². The second kappa shape index (κ2) is 5.23. The van der Waals surface area contributed by atoms with Crippen LogP contribution in [0, 0.1) is 0 Å². The lowest BCUT2D eigenvalue weighted by Crippen LogP contribution is -2.00. The van der Waals surface area contributed by atoms with E-state index in [2.05, 4.69) is 50.9 Å². The average molecular weight is 294 g/mol. The lowest BCUT2D eigenvalue weighted by molar-refractivity contribution is 0.816. The molecule has 0 saturated carbocycles. The molecule has 1 atom stereocenters. The maximum atomic E-state index is 3.68. The molecule has 0 aromatic carbocycles. The summed E-state index contributed by atoms with van der Waals surface area (Å²) in [6.45, 7) is 2.20. The molecule has 0 fully saturated rings. The van der Waals surface area contributed by atoms with Crippen molar-refractivity contribution in [3.63, 3.8) is 0 Å². The first-order valence-electron chi connectivity index (χ1n) is 4.29. The summed E-state index contributed by atoms with van der Waals surface area (Å²) in [7, 11) is 0. The molecule has 0 heterocycles. The number of alkyl halides is 2. The van der Waals surface area contributed by atoms with Crippen LogP contribution in [0.5, 0.6) is 0 Å². The zero-order chi connectivity index (χ0) is 8.97. The van der Waals surface area contributed by atoms with Crippen molar-refractivity contribution in [3.8, 4) is 0 Å². The molecule has 0 aromatic rings. The van der Waals surface area contributed by atoms with Gasteiger partial charge in [0.25, 0.3) is 0 Å². The van der Waals surface area contributed by atoms with Crippen molar-refractivity contribution in [3.05, 3.63) is 23.3 Å². The highest BCUT2D eigenvalue weighted by atomic mass is 79.9. The Labute approximate surface area is 91.4 Å². The summed E-state index contributed by atoms with van der Waals surface area (Å²) in [5.74, 6) is 0. The van der Waals surface area contributed by atoms with Crippen molar-refractivity contribution in [2.75, 3.05) is 5.33 Å². The smallest absolute Gasteiger partial charge is 0.0191 e. The summed E-state index contributed by atoms with van der Waals surface area (Å²) in [4.78, 5) is 0.640. The molecule has 1 rings (SSSR count). The number of allylic oxidation sites excluding steroid dienone is 4. The van der Waals surface area contributed by atoms with Crippen LogP contribution in [0.3, 0.4) is 0 Å². The van der Waals surface area contributed by atoms with Gasteiger partial charge in [0, 0.05) is 10.2 Å². The topological polar surface area (TPSA) is 0 Å². The highest BCUT2D eigenvalue weighted by Gasteiger charge is 2.10. The van der Waals surface area contributed by atoms with Gasteiger partial charge in [-0.2, -0.15) is 0 Å². The Morgan fingerprint density at radius 1 is 1.58 bits per heavy atom. The van der Waals surface area contributed by atoms with Crippen molar-refractivity contribution in [2.24, 2.45) is 0 Å². The van der Waals surface area contributed by atoms with Gasteiger partial charge >= 0.3 is 0 Å². The van der Waals surface area contributed by atoms with Crippen LogP contribution in [-0.4, -0.2) is 10.2 Å². The summed E-state index contributed by atoms with van der Waals surface area (Å²) < 4.78 is 0. The molecule has 0 amide bonds. The molecule has 0 bridgehead atoms. The molecule has 0 radical (unpaired) electrons. The molecule has 12 heavy (non-hydrogen) atoms. The van der Waals surface area contributed by atoms with Crippen LogP contribution in [-0.2, 0) is 0 Å². The minimum Gasteiger partial charge on any atom is -0.0928 e. The fourth-order valence-electron chi connectivity index (χ4n) is 1.39. The van der Waals surface area contributed by atoms with Crippen LogP contribution in [0.2, 0.25) is 0 Å². The van der Waals surface area contributed by atoms with Gasteiger partial charge in [0.2, 0.25) is 0 Å². The van der Waals surface area contributed by atoms with Gasteiger partial charge in [-0.3, -0.25) is 0 Å². The van der Waals surface area contributed by atoms with Gasteiger partial charge in [-0.15, -0.1) is 0 Å². The maximum Gasteiger partial charge on any atom is 0.0191 e. The predicted octanol–water partition coefficient (Wildman–Crippen LogP) is 4.20. The molecule has 0 saturated heterocycles. The monoisotopic (exact) mass is 292 g/mol. The van der Waals surface area contributed by atoms with Gasteiger partial charge in [-0.1, -0.05) is 55.2 Å². The molecule has 1 aliphatic carbocycles. The first-order valence-corrected chi connectivity index (χ1v) is 6.33. The Balaban J connectivity index is 2.37. The van der Waals surface area contributed by atoms with E-state index in [-0.39, 0.29) is 0 Å².